The Hall–Kier alpha value is -2.17. The van der Waals surface area contributed by atoms with E-state index < -0.39 is 22.7 Å². The topological polar surface area (TPSA) is 63.7 Å². The number of imide groups is 1. The third-order valence-electron chi connectivity index (χ3n) is 6.93. The third-order valence-corrected chi connectivity index (χ3v) is 6.93. The number of hydrogen-bond donors (Lipinski definition) is 0. The molecule has 3 aliphatic rings. The van der Waals surface area contributed by atoms with Gasteiger partial charge in [0, 0.05) is 11.0 Å². The number of carbonyl (C=O) groups excluding carboxylic acids is 3. The van der Waals surface area contributed by atoms with Gasteiger partial charge in [-0.15, -0.1) is 0 Å². The van der Waals surface area contributed by atoms with Gasteiger partial charge in [-0.2, -0.15) is 0 Å². The molecule has 2 fully saturated rings. The molecule has 1 aromatic carbocycles. The molecule has 1 aromatic rings. The summed E-state index contributed by atoms with van der Waals surface area (Å²) < 4.78 is 5.40. The highest BCUT2D eigenvalue weighted by molar-refractivity contribution is 6.15. The molecule has 5 heteroatoms. The molecule has 0 aromatic heterocycles. The zero-order valence-electron chi connectivity index (χ0n) is 14.2. The van der Waals surface area contributed by atoms with Gasteiger partial charge in [-0.3, -0.25) is 19.3 Å². The molecular weight excluding hydrogens is 306 g/mol. The van der Waals surface area contributed by atoms with E-state index in [0.29, 0.717) is 18.6 Å². The molecule has 126 valence electrons. The minimum Gasteiger partial charge on any atom is -0.464 e. The quantitative estimate of drug-likeness (QED) is 0.452. The molecule has 2 bridgehead atoms. The summed E-state index contributed by atoms with van der Waals surface area (Å²) in [6.07, 6.45) is 1.18. The second-order valence-corrected chi connectivity index (χ2v) is 8.02. The van der Waals surface area contributed by atoms with Crippen LogP contribution in [0.3, 0.4) is 0 Å². The van der Waals surface area contributed by atoms with Gasteiger partial charge in [-0.1, -0.05) is 39.0 Å². The fourth-order valence-electron chi connectivity index (χ4n) is 4.67. The van der Waals surface area contributed by atoms with Crippen molar-refractivity contribution in [3.05, 3.63) is 35.4 Å². The van der Waals surface area contributed by atoms with E-state index in [9.17, 15) is 14.4 Å². The highest BCUT2D eigenvalue weighted by Gasteiger charge is 2.72. The summed E-state index contributed by atoms with van der Waals surface area (Å²) in [7, 11) is 0. The Balaban J connectivity index is 1.78. The first-order valence-corrected chi connectivity index (χ1v) is 8.36. The van der Waals surface area contributed by atoms with Crippen molar-refractivity contribution in [3.63, 3.8) is 0 Å². The van der Waals surface area contributed by atoms with Crippen LogP contribution in [-0.4, -0.2) is 29.3 Å². The van der Waals surface area contributed by atoms with Gasteiger partial charge in [0.25, 0.3) is 5.91 Å². The largest absolute Gasteiger partial charge is 0.464 e. The molecule has 2 amide bonds. The van der Waals surface area contributed by atoms with E-state index in [1.165, 1.54) is 4.90 Å². The normalized spacial score (nSPS) is 33.4. The maximum atomic E-state index is 13.4. The molecule has 0 radical (unpaired) electrons. The Morgan fingerprint density at radius 3 is 2.54 bits per heavy atom. The van der Waals surface area contributed by atoms with Gasteiger partial charge in [-0.25, -0.2) is 0 Å². The molecule has 24 heavy (non-hydrogen) atoms. The third kappa shape index (κ3) is 1.53. The number of ether oxygens (including phenoxy) is 1. The Morgan fingerprint density at radius 2 is 1.83 bits per heavy atom. The molecule has 5 nitrogen and oxygen atoms in total. The molecule has 0 N–H and O–H groups in total. The number of benzene rings is 1. The average molecular weight is 327 g/mol. The average Bonchev–Trinajstić information content (AvgIpc) is 2.93. The molecular formula is C19H21NO4. The van der Waals surface area contributed by atoms with Gasteiger partial charge in [-0.05, 0) is 29.9 Å². The number of hydrogen-bond acceptors (Lipinski definition) is 4. The van der Waals surface area contributed by atoms with E-state index >= 15 is 0 Å². The number of nitrogens with zero attached hydrogens (tertiary/aromatic N) is 1. The van der Waals surface area contributed by atoms with E-state index in [2.05, 4.69) is 6.92 Å². The van der Waals surface area contributed by atoms with Crippen LogP contribution in [0.4, 0.5) is 0 Å². The van der Waals surface area contributed by atoms with E-state index in [0.717, 1.165) is 12.0 Å². The van der Waals surface area contributed by atoms with Crippen LogP contribution >= 0.6 is 0 Å². The van der Waals surface area contributed by atoms with Crippen LogP contribution in [-0.2, 0) is 20.9 Å². The Morgan fingerprint density at radius 1 is 1.12 bits per heavy atom. The highest BCUT2D eigenvalue weighted by atomic mass is 16.5. The van der Waals surface area contributed by atoms with Crippen molar-refractivity contribution >= 4 is 17.8 Å². The fourth-order valence-corrected chi connectivity index (χ4v) is 4.67. The smallest absolute Gasteiger partial charge is 0.322 e. The lowest BCUT2D eigenvalue weighted by Gasteiger charge is -2.50. The molecule has 1 aliphatic carbocycles. The van der Waals surface area contributed by atoms with Crippen LogP contribution in [0.2, 0.25) is 0 Å². The van der Waals surface area contributed by atoms with Crippen molar-refractivity contribution in [2.75, 3.05) is 6.61 Å². The summed E-state index contributed by atoms with van der Waals surface area (Å²) >= 11 is 0. The first kappa shape index (κ1) is 15.4. The summed E-state index contributed by atoms with van der Waals surface area (Å²) in [5.74, 6) is -1.19. The second kappa shape index (κ2) is 4.47. The summed E-state index contributed by atoms with van der Waals surface area (Å²) in [5, 5.41) is 0. The van der Waals surface area contributed by atoms with Gasteiger partial charge < -0.3 is 4.74 Å². The zero-order chi connectivity index (χ0) is 17.3. The zero-order valence-corrected chi connectivity index (χ0v) is 14.2. The van der Waals surface area contributed by atoms with Crippen LogP contribution < -0.4 is 0 Å². The first-order chi connectivity index (χ1) is 11.2. The molecule has 0 spiro atoms. The summed E-state index contributed by atoms with van der Waals surface area (Å²) in [6.45, 7) is 6.56. The molecule has 1 saturated carbocycles. The lowest BCUT2D eigenvalue weighted by molar-refractivity contribution is -0.192. The van der Waals surface area contributed by atoms with E-state index in [4.69, 9.17) is 4.74 Å². The highest BCUT2D eigenvalue weighted by Crippen LogP contribution is 2.66. The molecule has 2 heterocycles. The summed E-state index contributed by atoms with van der Waals surface area (Å²) in [4.78, 5) is 40.1. The van der Waals surface area contributed by atoms with Crippen molar-refractivity contribution in [2.45, 2.75) is 40.2 Å². The number of carbonyl (C=O) groups is 3. The lowest BCUT2D eigenvalue weighted by Crippen LogP contribution is -2.61. The lowest BCUT2D eigenvalue weighted by atomic mass is 9.57. The van der Waals surface area contributed by atoms with Gasteiger partial charge in [0.1, 0.15) is 0 Å². The van der Waals surface area contributed by atoms with Crippen molar-refractivity contribution in [1.82, 2.24) is 4.90 Å². The van der Waals surface area contributed by atoms with Crippen molar-refractivity contribution in [3.8, 4) is 0 Å². The van der Waals surface area contributed by atoms with E-state index in [1.807, 2.05) is 26.0 Å². The Bertz CT molecular complexity index is 783. The van der Waals surface area contributed by atoms with Crippen molar-refractivity contribution < 1.29 is 19.1 Å². The number of fused-ring (bicyclic) bond motifs is 3. The summed E-state index contributed by atoms with van der Waals surface area (Å²) in [5.41, 5.74) is -0.689. The SMILES string of the molecule is CC1(C)[C@@]2(C)CC[C@]1(C(=O)N1Cc3ccccc3C1=O)C(=O)OC2. The molecule has 0 unspecified atom stereocenters. The number of cyclic esters (lactones) is 1. The van der Waals surface area contributed by atoms with Crippen molar-refractivity contribution in [1.29, 1.82) is 0 Å². The van der Waals surface area contributed by atoms with E-state index in [-0.39, 0.29) is 17.9 Å². The second-order valence-electron chi connectivity index (χ2n) is 8.02. The predicted octanol–water partition coefficient (Wildman–Crippen LogP) is 2.54. The standard InChI is InChI=1S/C19H21NO4/c1-17(2)18(3)8-9-19(17,16(23)24-11-18)15(22)20-10-12-6-4-5-7-13(12)14(20)21/h4-7H,8-11H2,1-3H3/t18-,19-/m0/s1. The molecule has 2 aliphatic heterocycles. The van der Waals surface area contributed by atoms with Crippen LogP contribution in [0.1, 0.15) is 49.5 Å². The Labute approximate surface area is 141 Å². The van der Waals surface area contributed by atoms with Crippen LogP contribution in [0.15, 0.2) is 24.3 Å². The van der Waals surface area contributed by atoms with Gasteiger partial charge in [0.2, 0.25) is 5.91 Å². The minimum atomic E-state index is -1.27. The maximum absolute atomic E-state index is 13.4. The monoisotopic (exact) mass is 327 g/mol. The van der Waals surface area contributed by atoms with Gasteiger partial charge >= 0.3 is 5.97 Å². The summed E-state index contributed by atoms with van der Waals surface area (Å²) in [6, 6.07) is 7.21. The minimum absolute atomic E-state index is 0.232. The predicted molar refractivity (Wildman–Crippen MR) is 85.8 cm³/mol. The molecule has 1 saturated heterocycles. The van der Waals surface area contributed by atoms with Gasteiger partial charge in [0.05, 0.1) is 13.2 Å². The Kier molecular flexibility index (Phi) is 2.86. The van der Waals surface area contributed by atoms with Crippen LogP contribution in [0.25, 0.3) is 0 Å². The van der Waals surface area contributed by atoms with E-state index in [1.54, 1.807) is 12.1 Å². The van der Waals surface area contributed by atoms with Crippen LogP contribution in [0.5, 0.6) is 0 Å². The van der Waals surface area contributed by atoms with Gasteiger partial charge in [0.15, 0.2) is 5.41 Å². The van der Waals surface area contributed by atoms with Crippen molar-refractivity contribution in [2.24, 2.45) is 16.2 Å². The van der Waals surface area contributed by atoms with Crippen LogP contribution in [0, 0.1) is 16.2 Å². The number of esters is 1. The number of amides is 2. The number of rotatable bonds is 1. The molecule has 4 rings (SSSR count). The molecule has 2 atom stereocenters. The fraction of sp³-hybridized carbons (Fsp3) is 0.526. The first-order valence-electron chi connectivity index (χ1n) is 8.36. The maximum Gasteiger partial charge on any atom is 0.322 e.